The van der Waals surface area contributed by atoms with Crippen LogP contribution >= 0.6 is 27.5 Å². The molecule has 88 valence electrons. The maximum Gasteiger partial charge on any atom is 0.142 e. The fourth-order valence-corrected chi connectivity index (χ4v) is 2.16. The Bertz CT molecular complexity index is 548. The summed E-state index contributed by atoms with van der Waals surface area (Å²) in [7, 11) is 0. The van der Waals surface area contributed by atoms with Gasteiger partial charge in [0.25, 0.3) is 0 Å². The van der Waals surface area contributed by atoms with Gasteiger partial charge in [-0.05, 0) is 34.1 Å². The van der Waals surface area contributed by atoms with Gasteiger partial charge in [-0.15, -0.1) is 0 Å². The van der Waals surface area contributed by atoms with Crippen LogP contribution in [-0.2, 0) is 0 Å². The van der Waals surface area contributed by atoms with Crippen LogP contribution in [0.1, 0.15) is 17.3 Å². The highest BCUT2D eigenvalue weighted by molar-refractivity contribution is 9.10. The molecule has 1 atom stereocenters. The topological polar surface area (TPSA) is 38.9 Å². The molecule has 0 saturated heterocycles. The standard InChI is InChI=1S/C12H9BrClFN2/c13-8-4-1-3-7(10(8)15)11(16)12-9(14)5-2-6-17-12/h1-6,11H,16H2. The molecule has 1 heterocycles. The van der Waals surface area contributed by atoms with Gasteiger partial charge in [-0.25, -0.2) is 4.39 Å². The molecule has 2 nitrogen and oxygen atoms in total. The molecule has 0 aliphatic carbocycles. The zero-order chi connectivity index (χ0) is 12.4. The van der Waals surface area contributed by atoms with Crippen molar-refractivity contribution in [3.8, 4) is 0 Å². The summed E-state index contributed by atoms with van der Waals surface area (Å²) >= 11 is 9.11. The highest BCUT2D eigenvalue weighted by Gasteiger charge is 2.18. The van der Waals surface area contributed by atoms with Crippen LogP contribution in [0.4, 0.5) is 4.39 Å². The highest BCUT2D eigenvalue weighted by Crippen LogP contribution is 2.28. The van der Waals surface area contributed by atoms with Crippen LogP contribution in [-0.4, -0.2) is 4.98 Å². The summed E-state index contributed by atoms with van der Waals surface area (Å²) in [5, 5.41) is 0.430. The van der Waals surface area contributed by atoms with Crippen molar-refractivity contribution in [2.24, 2.45) is 5.73 Å². The molecule has 2 rings (SSSR count). The Kier molecular flexibility index (Phi) is 3.76. The zero-order valence-corrected chi connectivity index (χ0v) is 11.0. The number of pyridine rings is 1. The monoisotopic (exact) mass is 314 g/mol. The van der Waals surface area contributed by atoms with E-state index in [2.05, 4.69) is 20.9 Å². The normalized spacial score (nSPS) is 12.5. The van der Waals surface area contributed by atoms with Crippen molar-refractivity contribution in [2.45, 2.75) is 6.04 Å². The molecule has 0 aliphatic rings. The molecule has 0 spiro atoms. The molecular weight excluding hydrogens is 307 g/mol. The van der Waals surface area contributed by atoms with Gasteiger partial charge in [0.1, 0.15) is 5.82 Å². The van der Waals surface area contributed by atoms with Crippen molar-refractivity contribution >= 4 is 27.5 Å². The van der Waals surface area contributed by atoms with Gasteiger partial charge in [0.15, 0.2) is 0 Å². The molecule has 2 N–H and O–H groups in total. The zero-order valence-electron chi connectivity index (χ0n) is 8.70. The lowest BCUT2D eigenvalue weighted by atomic mass is 10.0. The minimum atomic E-state index is -0.679. The van der Waals surface area contributed by atoms with Gasteiger partial charge in [0, 0.05) is 11.8 Å². The second kappa shape index (κ2) is 5.12. The Morgan fingerprint density at radius 3 is 2.76 bits per heavy atom. The van der Waals surface area contributed by atoms with Crippen LogP contribution in [0.25, 0.3) is 0 Å². The van der Waals surface area contributed by atoms with Crippen molar-refractivity contribution in [1.29, 1.82) is 0 Å². The molecule has 0 aliphatic heterocycles. The van der Waals surface area contributed by atoms with E-state index in [1.165, 1.54) is 0 Å². The predicted octanol–water partition coefficient (Wildman–Crippen LogP) is 3.68. The molecule has 17 heavy (non-hydrogen) atoms. The molecule has 0 saturated carbocycles. The summed E-state index contributed by atoms with van der Waals surface area (Å²) in [6.07, 6.45) is 1.58. The van der Waals surface area contributed by atoms with E-state index >= 15 is 0 Å². The molecule has 0 amide bonds. The average Bonchev–Trinajstić information content (AvgIpc) is 2.32. The quantitative estimate of drug-likeness (QED) is 0.918. The molecule has 1 aromatic heterocycles. The van der Waals surface area contributed by atoms with E-state index < -0.39 is 6.04 Å². The molecule has 5 heteroatoms. The summed E-state index contributed by atoms with van der Waals surface area (Å²) in [6.45, 7) is 0. The lowest BCUT2D eigenvalue weighted by Gasteiger charge is -2.14. The Morgan fingerprint density at radius 2 is 2.06 bits per heavy atom. The first-order valence-corrected chi connectivity index (χ1v) is 6.08. The number of hydrogen-bond donors (Lipinski definition) is 1. The summed E-state index contributed by atoms with van der Waals surface area (Å²) < 4.78 is 14.2. The van der Waals surface area contributed by atoms with Crippen molar-refractivity contribution < 1.29 is 4.39 Å². The minimum Gasteiger partial charge on any atom is -0.319 e. The summed E-state index contributed by atoms with van der Waals surface area (Å²) in [5.74, 6) is -0.387. The molecule has 2 aromatic rings. The van der Waals surface area contributed by atoms with Gasteiger partial charge in [-0.2, -0.15) is 0 Å². The molecule has 0 bridgehead atoms. The molecule has 1 aromatic carbocycles. The maximum atomic E-state index is 13.9. The van der Waals surface area contributed by atoms with E-state index in [0.29, 0.717) is 20.8 Å². The van der Waals surface area contributed by atoms with E-state index in [1.54, 1.807) is 36.5 Å². The van der Waals surface area contributed by atoms with Crippen LogP contribution in [0.5, 0.6) is 0 Å². The van der Waals surface area contributed by atoms with E-state index in [-0.39, 0.29) is 5.82 Å². The first kappa shape index (κ1) is 12.5. The average molecular weight is 316 g/mol. The highest BCUT2D eigenvalue weighted by atomic mass is 79.9. The molecule has 1 unspecified atom stereocenters. The van der Waals surface area contributed by atoms with E-state index in [4.69, 9.17) is 17.3 Å². The Labute approximate surface area is 112 Å². The van der Waals surface area contributed by atoms with E-state index in [9.17, 15) is 4.39 Å². The number of hydrogen-bond acceptors (Lipinski definition) is 2. The third kappa shape index (κ3) is 2.49. The summed E-state index contributed by atoms with van der Waals surface area (Å²) in [4.78, 5) is 4.09. The number of halogens is 3. The minimum absolute atomic E-state index is 0.361. The van der Waals surface area contributed by atoms with Gasteiger partial charge in [-0.1, -0.05) is 23.7 Å². The Hall–Kier alpha value is -0.970. The third-order valence-corrected chi connectivity index (χ3v) is 3.33. The van der Waals surface area contributed by atoms with Crippen LogP contribution < -0.4 is 5.73 Å². The van der Waals surface area contributed by atoms with Gasteiger partial charge in [0.05, 0.1) is 21.2 Å². The SMILES string of the molecule is NC(c1cccc(Br)c1F)c1ncccc1Cl. The molecule has 0 radical (unpaired) electrons. The number of aromatic nitrogens is 1. The molecular formula is C12H9BrClFN2. The molecule has 0 fully saturated rings. The number of benzene rings is 1. The smallest absolute Gasteiger partial charge is 0.142 e. The van der Waals surface area contributed by atoms with Gasteiger partial charge in [-0.3, -0.25) is 4.98 Å². The first-order chi connectivity index (χ1) is 8.11. The van der Waals surface area contributed by atoms with E-state index in [1.807, 2.05) is 0 Å². The largest absolute Gasteiger partial charge is 0.319 e. The van der Waals surface area contributed by atoms with Crippen molar-refractivity contribution in [2.75, 3.05) is 0 Å². The van der Waals surface area contributed by atoms with Crippen LogP contribution in [0.2, 0.25) is 5.02 Å². The second-order valence-corrected chi connectivity index (χ2v) is 4.75. The fourth-order valence-electron chi connectivity index (χ4n) is 1.53. The van der Waals surface area contributed by atoms with E-state index in [0.717, 1.165) is 0 Å². The lowest BCUT2D eigenvalue weighted by Crippen LogP contribution is -2.15. The Balaban J connectivity index is 2.48. The van der Waals surface area contributed by atoms with Gasteiger partial charge >= 0.3 is 0 Å². The van der Waals surface area contributed by atoms with Crippen molar-refractivity contribution in [3.63, 3.8) is 0 Å². The fraction of sp³-hybridized carbons (Fsp3) is 0.0833. The van der Waals surface area contributed by atoms with Crippen LogP contribution in [0.3, 0.4) is 0 Å². The number of nitrogens with two attached hydrogens (primary N) is 1. The van der Waals surface area contributed by atoms with Crippen molar-refractivity contribution in [1.82, 2.24) is 4.98 Å². The van der Waals surface area contributed by atoms with Crippen LogP contribution in [0.15, 0.2) is 41.0 Å². The summed E-state index contributed by atoms with van der Waals surface area (Å²) in [6, 6.07) is 7.66. The number of nitrogens with zero attached hydrogens (tertiary/aromatic N) is 1. The Morgan fingerprint density at radius 1 is 1.29 bits per heavy atom. The van der Waals surface area contributed by atoms with Crippen LogP contribution in [0, 0.1) is 5.82 Å². The third-order valence-electron chi connectivity index (χ3n) is 2.40. The van der Waals surface area contributed by atoms with Crippen molar-refractivity contribution in [3.05, 3.63) is 63.1 Å². The second-order valence-electron chi connectivity index (χ2n) is 3.49. The number of rotatable bonds is 2. The maximum absolute atomic E-state index is 13.9. The first-order valence-electron chi connectivity index (χ1n) is 4.91. The predicted molar refractivity (Wildman–Crippen MR) is 69.4 cm³/mol. The lowest BCUT2D eigenvalue weighted by molar-refractivity contribution is 0.591. The van der Waals surface area contributed by atoms with Gasteiger partial charge < -0.3 is 5.73 Å². The summed E-state index contributed by atoms with van der Waals surface area (Å²) in [5.41, 5.74) is 6.80. The van der Waals surface area contributed by atoms with Gasteiger partial charge in [0.2, 0.25) is 0 Å².